The van der Waals surface area contributed by atoms with Crippen LogP contribution in [0.4, 0.5) is 0 Å². The average molecular weight is 350 g/mol. The third kappa shape index (κ3) is 3.81. The van der Waals surface area contributed by atoms with Crippen LogP contribution in [0.25, 0.3) is 0 Å². The van der Waals surface area contributed by atoms with Gasteiger partial charge in [-0.15, -0.1) is 0 Å². The number of carbonyl (C=O) groups excluding carboxylic acids is 1. The topological polar surface area (TPSA) is 63.6 Å². The summed E-state index contributed by atoms with van der Waals surface area (Å²) in [5.41, 5.74) is 2.39. The zero-order valence-electron chi connectivity index (χ0n) is 12.0. The zero-order valence-corrected chi connectivity index (χ0v) is 13.5. The SMILES string of the molecule is O=C(NCc1cccnc1)[C@H]1CC(c2ccc(Cl)c(Cl)c2)=NO1. The third-order valence-corrected chi connectivity index (χ3v) is 4.14. The van der Waals surface area contributed by atoms with E-state index in [1.54, 1.807) is 30.6 Å². The van der Waals surface area contributed by atoms with Crippen LogP contribution in [0.3, 0.4) is 0 Å². The van der Waals surface area contributed by atoms with E-state index >= 15 is 0 Å². The predicted octanol–water partition coefficient (Wildman–Crippen LogP) is 3.20. The Bertz CT molecular complexity index is 750. The van der Waals surface area contributed by atoms with Gasteiger partial charge in [0.25, 0.3) is 5.91 Å². The lowest BCUT2D eigenvalue weighted by Gasteiger charge is -2.09. The Morgan fingerprint density at radius 1 is 1.30 bits per heavy atom. The monoisotopic (exact) mass is 349 g/mol. The molecule has 1 aromatic carbocycles. The van der Waals surface area contributed by atoms with Crippen LogP contribution in [0.2, 0.25) is 10.0 Å². The number of aromatic nitrogens is 1. The van der Waals surface area contributed by atoms with Crippen LogP contribution < -0.4 is 5.32 Å². The molecule has 118 valence electrons. The van der Waals surface area contributed by atoms with Crippen LogP contribution in [0.15, 0.2) is 47.9 Å². The standard InChI is InChI=1S/C16H13Cl2N3O2/c17-12-4-3-11(6-13(12)18)14-7-15(23-21-14)16(22)20-9-10-2-1-5-19-8-10/h1-6,8,15H,7,9H2,(H,20,22)/t15-/m1/s1. The molecule has 3 rings (SSSR count). The van der Waals surface area contributed by atoms with Gasteiger partial charge in [0.2, 0.25) is 6.10 Å². The maximum atomic E-state index is 12.1. The minimum atomic E-state index is -0.642. The van der Waals surface area contributed by atoms with Crippen LogP contribution in [-0.4, -0.2) is 22.7 Å². The fraction of sp³-hybridized carbons (Fsp3) is 0.188. The summed E-state index contributed by atoms with van der Waals surface area (Å²) in [4.78, 5) is 21.4. The Morgan fingerprint density at radius 2 is 2.17 bits per heavy atom. The second kappa shape index (κ2) is 6.98. The van der Waals surface area contributed by atoms with Crippen molar-refractivity contribution in [1.82, 2.24) is 10.3 Å². The molecule has 0 saturated heterocycles. The molecule has 1 aliphatic heterocycles. The first-order chi connectivity index (χ1) is 11.1. The molecule has 1 N–H and O–H groups in total. The highest BCUT2D eigenvalue weighted by Crippen LogP contribution is 2.25. The number of nitrogens with zero attached hydrogens (tertiary/aromatic N) is 2. The molecule has 0 saturated carbocycles. The molecular formula is C16H13Cl2N3O2. The Morgan fingerprint density at radius 3 is 2.91 bits per heavy atom. The Labute approximate surface area is 143 Å². The Hall–Kier alpha value is -2.11. The zero-order chi connectivity index (χ0) is 16.2. The molecule has 0 fully saturated rings. The molecule has 7 heteroatoms. The summed E-state index contributed by atoms with van der Waals surface area (Å²) < 4.78 is 0. The molecular weight excluding hydrogens is 337 g/mol. The number of nitrogens with one attached hydrogen (secondary N) is 1. The molecule has 1 aromatic heterocycles. The molecule has 5 nitrogen and oxygen atoms in total. The van der Waals surface area contributed by atoms with Gasteiger partial charge in [0, 0.05) is 30.9 Å². The number of hydrogen-bond donors (Lipinski definition) is 1. The van der Waals surface area contributed by atoms with Gasteiger partial charge >= 0.3 is 0 Å². The van der Waals surface area contributed by atoms with E-state index in [0.717, 1.165) is 11.1 Å². The normalized spacial score (nSPS) is 16.6. The molecule has 0 spiro atoms. The van der Waals surface area contributed by atoms with Crippen molar-refractivity contribution in [1.29, 1.82) is 0 Å². The van der Waals surface area contributed by atoms with Crippen molar-refractivity contribution in [2.45, 2.75) is 19.1 Å². The summed E-state index contributed by atoms with van der Waals surface area (Å²) in [5, 5.41) is 7.70. The van der Waals surface area contributed by atoms with E-state index in [2.05, 4.69) is 15.5 Å². The van der Waals surface area contributed by atoms with E-state index in [-0.39, 0.29) is 5.91 Å². The molecule has 2 heterocycles. The van der Waals surface area contributed by atoms with Crippen molar-refractivity contribution in [3.63, 3.8) is 0 Å². The van der Waals surface area contributed by atoms with Gasteiger partial charge in [-0.05, 0) is 23.8 Å². The van der Waals surface area contributed by atoms with Crippen molar-refractivity contribution in [3.05, 3.63) is 63.9 Å². The largest absolute Gasteiger partial charge is 0.382 e. The van der Waals surface area contributed by atoms with Gasteiger partial charge in [-0.3, -0.25) is 9.78 Å². The Kier molecular flexibility index (Phi) is 4.79. The number of halogens is 2. The van der Waals surface area contributed by atoms with E-state index in [4.69, 9.17) is 28.0 Å². The molecule has 1 atom stereocenters. The van der Waals surface area contributed by atoms with Crippen molar-refractivity contribution < 1.29 is 9.63 Å². The van der Waals surface area contributed by atoms with Gasteiger partial charge in [0.05, 0.1) is 15.8 Å². The van der Waals surface area contributed by atoms with Gasteiger partial charge in [-0.2, -0.15) is 0 Å². The molecule has 1 aliphatic rings. The molecule has 0 radical (unpaired) electrons. The van der Waals surface area contributed by atoms with Crippen LogP contribution in [0, 0.1) is 0 Å². The first-order valence-electron chi connectivity index (χ1n) is 6.98. The van der Waals surface area contributed by atoms with Gasteiger partial charge in [0.1, 0.15) is 0 Å². The minimum absolute atomic E-state index is 0.215. The number of oxime groups is 1. The van der Waals surface area contributed by atoms with Gasteiger partial charge < -0.3 is 10.2 Å². The van der Waals surface area contributed by atoms with Crippen LogP contribution in [0.5, 0.6) is 0 Å². The van der Waals surface area contributed by atoms with Crippen LogP contribution >= 0.6 is 23.2 Å². The third-order valence-electron chi connectivity index (χ3n) is 3.40. The first kappa shape index (κ1) is 15.8. The summed E-state index contributed by atoms with van der Waals surface area (Å²) in [6.07, 6.45) is 3.13. The van der Waals surface area contributed by atoms with E-state index in [9.17, 15) is 4.79 Å². The number of rotatable bonds is 4. The molecule has 0 aliphatic carbocycles. The highest BCUT2D eigenvalue weighted by atomic mass is 35.5. The first-order valence-corrected chi connectivity index (χ1v) is 7.74. The second-order valence-electron chi connectivity index (χ2n) is 5.04. The number of hydrogen-bond acceptors (Lipinski definition) is 4. The highest BCUT2D eigenvalue weighted by Gasteiger charge is 2.28. The van der Waals surface area contributed by atoms with E-state index in [1.807, 2.05) is 12.1 Å². The summed E-state index contributed by atoms with van der Waals surface area (Å²) in [6, 6.07) is 8.91. The van der Waals surface area contributed by atoms with Crippen molar-refractivity contribution in [2.24, 2.45) is 5.16 Å². The van der Waals surface area contributed by atoms with Crippen LogP contribution in [0.1, 0.15) is 17.5 Å². The summed E-state index contributed by atoms with van der Waals surface area (Å²) in [6.45, 7) is 0.397. The van der Waals surface area contributed by atoms with E-state index < -0.39 is 6.10 Å². The number of carbonyl (C=O) groups is 1. The number of benzene rings is 1. The lowest BCUT2D eigenvalue weighted by Crippen LogP contribution is -2.34. The number of pyridine rings is 1. The van der Waals surface area contributed by atoms with Crippen LogP contribution in [-0.2, 0) is 16.2 Å². The maximum Gasteiger partial charge on any atom is 0.264 e. The smallest absolute Gasteiger partial charge is 0.264 e. The minimum Gasteiger partial charge on any atom is -0.382 e. The molecule has 0 bridgehead atoms. The van der Waals surface area contributed by atoms with Gasteiger partial charge in [0.15, 0.2) is 0 Å². The van der Waals surface area contributed by atoms with Gasteiger partial charge in [-0.1, -0.05) is 40.5 Å². The van der Waals surface area contributed by atoms with Gasteiger partial charge in [-0.25, -0.2) is 0 Å². The fourth-order valence-electron chi connectivity index (χ4n) is 2.17. The molecule has 23 heavy (non-hydrogen) atoms. The summed E-state index contributed by atoms with van der Waals surface area (Å²) >= 11 is 11.9. The van der Waals surface area contributed by atoms with Crippen molar-refractivity contribution in [3.8, 4) is 0 Å². The molecule has 2 aromatic rings. The van der Waals surface area contributed by atoms with E-state index in [0.29, 0.717) is 28.7 Å². The second-order valence-corrected chi connectivity index (χ2v) is 5.86. The summed E-state index contributed by atoms with van der Waals surface area (Å²) in [7, 11) is 0. The lowest BCUT2D eigenvalue weighted by atomic mass is 10.0. The van der Waals surface area contributed by atoms with Crippen molar-refractivity contribution >= 4 is 34.8 Å². The highest BCUT2D eigenvalue weighted by molar-refractivity contribution is 6.42. The van der Waals surface area contributed by atoms with Crippen molar-refractivity contribution in [2.75, 3.05) is 0 Å². The number of amides is 1. The van der Waals surface area contributed by atoms with E-state index in [1.165, 1.54) is 0 Å². The maximum absolute atomic E-state index is 12.1. The summed E-state index contributed by atoms with van der Waals surface area (Å²) in [5.74, 6) is -0.215. The quantitative estimate of drug-likeness (QED) is 0.921. The lowest BCUT2D eigenvalue weighted by molar-refractivity contribution is -0.131. The average Bonchev–Trinajstić information content (AvgIpc) is 3.06. The molecule has 1 amide bonds. The predicted molar refractivity (Wildman–Crippen MR) is 88.6 cm³/mol. The fourth-order valence-corrected chi connectivity index (χ4v) is 2.47. The molecule has 0 unspecified atom stereocenters. The Balaban J connectivity index is 1.58.